The summed E-state index contributed by atoms with van der Waals surface area (Å²) in [4.78, 5) is 0. The third-order valence-electron chi connectivity index (χ3n) is 3.47. The van der Waals surface area contributed by atoms with Gasteiger partial charge in [0.05, 0.1) is 5.75 Å². The van der Waals surface area contributed by atoms with Crippen LogP contribution in [0.5, 0.6) is 0 Å². The smallest absolute Gasteiger partial charge is 0.276 e. The number of sulfone groups is 1. The summed E-state index contributed by atoms with van der Waals surface area (Å²) in [6, 6.07) is 6.15. The summed E-state index contributed by atoms with van der Waals surface area (Å²) in [5.74, 6) is -1.15. The molecular weight excluding hydrogens is 279 g/mol. The predicted octanol–water partition coefficient (Wildman–Crippen LogP) is 1.25. The van der Waals surface area contributed by atoms with E-state index in [1.165, 1.54) is 19.9 Å². The SMILES string of the molecule is C=[N+]=C(N)C(C)(C)S(=O)(=O)CC(C)c1ccccc1F. The maximum atomic E-state index is 13.7. The lowest BCUT2D eigenvalue weighted by Crippen LogP contribution is -2.48. The lowest BCUT2D eigenvalue weighted by molar-refractivity contribution is 0.564. The minimum Gasteiger partial charge on any atom is -0.276 e. The van der Waals surface area contributed by atoms with Gasteiger partial charge < -0.3 is 0 Å². The van der Waals surface area contributed by atoms with Gasteiger partial charge in [-0.15, -0.1) is 0 Å². The second-order valence-electron chi connectivity index (χ2n) is 5.26. The van der Waals surface area contributed by atoms with Gasteiger partial charge >= 0.3 is 5.84 Å². The minimum absolute atomic E-state index is 0.0572. The van der Waals surface area contributed by atoms with Crippen LogP contribution >= 0.6 is 0 Å². The Hall–Kier alpha value is -1.65. The number of hydrogen-bond donors (Lipinski definition) is 1. The quantitative estimate of drug-likeness (QED) is 0.505. The Morgan fingerprint density at radius 1 is 1.45 bits per heavy atom. The molecule has 0 aliphatic rings. The number of hydrogen-bond acceptors (Lipinski definition) is 2. The van der Waals surface area contributed by atoms with Gasteiger partial charge in [-0.2, -0.15) is 0 Å². The molecule has 0 bridgehead atoms. The summed E-state index contributed by atoms with van der Waals surface area (Å²) in [7, 11) is -3.60. The van der Waals surface area contributed by atoms with Gasteiger partial charge in [-0.05, 0) is 31.4 Å². The van der Waals surface area contributed by atoms with Crippen molar-refractivity contribution < 1.29 is 12.8 Å². The summed E-state index contributed by atoms with van der Waals surface area (Å²) in [6.45, 7) is 7.87. The van der Waals surface area contributed by atoms with Crippen molar-refractivity contribution in [3.63, 3.8) is 0 Å². The minimum atomic E-state index is -3.60. The van der Waals surface area contributed by atoms with E-state index >= 15 is 0 Å². The van der Waals surface area contributed by atoms with Crippen LogP contribution in [0, 0.1) is 5.82 Å². The molecule has 1 unspecified atom stereocenters. The van der Waals surface area contributed by atoms with Crippen LogP contribution in [0.25, 0.3) is 0 Å². The fraction of sp³-hybridized carbons (Fsp3) is 0.429. The van der Waals surface area contributed by atoms with Gasteiger partial charge in [0.15, 0.2) is 21.3 Å². The number of halogens is 1. The average Bonchev–Trinajstić information content (AvgIpc) is 2.37. The van der Waals surface area contributed by atoms with Gasteiger partial charge in [0.2, 0.25) is 0 Å². The van der Waals surface area contributed by atoms with Crippen LogP contribution < -0.4 is 10.4 Å². The molecule has 0 radical (unpaired) electrons. The molecule has 0 saturated heterocycles. The second kappa shape index (κ2) is 5.77. The lowest BCUT2D eigenvalue weighted by Gasteiger charge is -2.21. The standard InChI is InChI=1S/C14H19FN2O2S/c1-10(11-7-5-6-8-12(11)15)9-20(18,19)14(2,3)13(16)17-4/h5-8,10,16H,4,9H2,1-3H3/p+1. The summed E-state index contributed by atoms with van der Waals surface area (Å²) < 4.78 is 40.7. The molecule has 2 N–H and O–H groups in total. The van der Waals surface area contributed by atoms with E-state index < -0.39 is 26.3 Å². The maximum Gasteiger partial charge on any atom is 0.360 e. The van der Waals surface area contributed by atoms with Crippen LogP contribution in [-0.2, 0) is 9.84 Å². The van der Waals surface area contributed by atoms with Crippen molar-refractivity contribution in [2.75, 3.05) is 5.75 Å². The first-order valence-electron chi connectivity index (χ1n) is 6.20. The highest BCUT2D eigenvalue weighted by atomic mass is 32.2. The van der Waals surface area contributed by atoms with Gasteiger partial charge in [0.25, 0.3) is 0 Å². The van der Waals surface area contributed by atoms with Crippen molar-refractivity contribution in [1.82, 2.24) is 4.67 Å². The first-order chi connectivity index (χ1) is 9.13. The Balaban J connectivity index is 3.10. The molecule has 0 saturated carbocycles. The topological polar surface area (TPSA) is 74.3 Å². The van der Waals surface area contributed by atoms with E-state index in [0.29, 0.717) is 5.56 Å². The Morgan fingerprint density at radius 2 is 2.00 bits per heavy atom. The highest BCUT2D eigenvalue weighted by Crippen LogP contribution is 2.25. The van der Waals surface area contributed by atoms with Crippen LogP contribution in [0.3, 0.4) is 0 Å². The first-order valence-corrected chi connectivity index (χ1v) is 7.85. The zero-order chi connectivity index (χ0) is 15.6. The molecule has 0 spiro atoms. The molecule has 20 heavy (non-hydrogen) atoms. The molecule has 0 aliphatic carbocycles. The van der Waals surface area contributed by atoms with Crippen LogP contribution in [0.1, 0.15) is 32.3 Å². The Morgan fingerprint density at radius 3 is 2.50 bits per heavy atom. The number of benzene rings is 1. The summed E-state index contributed by atoms with van der Waals surface area (Å²) in [5, 5.41) is 0. The van der Waals surface area contributed by atoms with E-state index in [-0.39, 0.29) is 11.6 Å². The van der Waals surface area contributed by atoms with Crippen molar-refractivity contribution in [3.05, 3.63) is 35.6 Å². The van der Waals surface area contributed by atoms with E-state index in [9.17, 15) is 12.8 Å². The molecule has 1 aromatic rings. The van der Waals surface area contributed by atoms with Gasteiger partial charge in [0, 0.05) is 0 Å². The highest BCUT2D eigenvalue weighted by Gasteiger charge is 2.44. The van der Waals surface area contributed by atoms with Crippen molar-refractivity contribution in [2.24, 2.45) is 5.73 Å². The van der Waals surface area contributed by atoms with Gasteiger partial charge in [-0.25, -0.2) is 17.5 Å². The molecule has 0 amide bonds. The highest BCUT2D eigenvalue weighted by molar-refractivity contribution is 7.93. The molecule has 4 nitrogen and oxygen atoms in total. The Labute approximate surface area is 119 Å². The maximum absolute atomic E-state index is 13.7. The molecule has 1 atom stereocenters. The summed E-state index contributed by atoms with van der Waals surface area (Å²) in [6.07, 6.45) is 0. The number of nitrogens with zero attached hydrogens (tertiary/aromatic N) is 1. The number of amidine groups is 1. The van der Waals surface area contributed by atoms with Crippen molar-refractivity contribution >= 4 is 22.4 Å². The molecule has 1 aromatic carbocycles. The van der Waals surface area contributed by atoms with E-state index in [1.807, 2.05) is 0 Å². The fourth-order valence-electron chi connectivity index (χ4n) is 1.85. The summed E-state index contributed by atoms with van der Waals surface area (Å²) in [5.41, 5.74) is 5.99. The molecule has 110 valence electrons. The van der Waals surface area contributed by atoms with Crippen LogP contribution in [-0.4, -0.2) is 31.5 Å². The molecule has 1 rings (SSSR count). The molecule has 0 fully saturated rings. The fourth-order valence-corrected chi connectivity index (χ4v) is 3.49. The molecular formula is C14H20FN2O2S+. The largest absolute Gasteiger partial charge is 0.360 e. The normalized spacial score (nSPS) is 13.6. The molecule has 0 aliphatic heterocycles. The zero-order valence-electron chi connectivity index (χ0n) is 11.9. The second-order valence-corrected chi connectivity index (χ2v) is 7.84. The van der Waals surface area contributed by atoms with Crippen LogP contribution in [0.4, 0.5) is 4.39 Å². The monoisotopic (exact) mass is 299 g/mol. The van der Waals surface area contributed by atoms with Crippen molar-refractivity contribution in [1.29, 1.82) is 0 Å². The third kappa shape index (κ3) is 3.08. The van der Waals surface area contributed by atoms with Gasteiger partial charge in [-0.3, -0.25) is 5.73 Å². The Bertz CT molecular complexity index is 647. The van der Waals surface area contributed by atoms with E-state index in [0.717, 1.165) is 0 Å². The summed E-state index contributed by atoms with van der Waals surface area (Å²) >= 11 is 0. The number of nitrogens with two attached hydrogens (primary N) is 1. The van der Waals surface area contributed by atoms with Crippen molar-refractivity contribution in [2.45, 2.75) is 31.4 Å². The molecule has 0 heterocycles. The van der Waals surface area contributed by atoms with Crippen LogP contribution in [0.15, 0.2) is 24.3 Å². The van der Waals surface area contributed by atoms with E-state index in [2.05, 4.69) is 11.4 Å². The van der Waals surface area contributed by atoms with E-state index in [1.54, 1.807) is 25.1 Å². The van der Waals surface area contributed by atoms with Crippen LogP contribution in [0.2, 0.25) is 0 Å². The number of rotatable bonds is 5. The Kier molecular flexibility index (Phi) is 4.73. The van der Waals surface area contributed by atoms with Gasteiger partial charge in [-0.1, -0.05) is 25.1 Å². The van der Waals surface area contributed by atoms with Crippen molar-refractivity contribution in [3.8, 4) is 0 Å². The van der Waals surface area contributed by atoms with Gasteiger partial charge in [0.1, 0.15) is 5.82 Å². The average molecular weight is 299 g/mol. The lowest BCUT2D eigenvalue weighted by atomic mass is 10.0. The zero-order valence-corrected chi connectivity index (χ0v) is 12.7. The molecule has 0 aromatic heterocycles. The molecule has 6 heteroatoms. The third-order valence-corrected chi connectivity index (χ3v) is 6.17. The first kappa shape index (κ1) is 16.4. The van der Waals surface area contributed by atoms with E-state index in [4.69, 9.17) is 5.73 Å². The predicted molar refractivity (Wildman–Crippen MR) is 81.1 cm³/mol.